The number of benzene rings is 5. The molecule has 9 aromatic rings. The van der Waals surface area contributed by atoms with E-state index in [0.29, 0.717) is 0 Å². The average molecular weight is 516 g/mol. The van der Waals surface area contributed by atoms with Crippen LogP contribution in [0, 0.1) is 0 Å². The summed E-state index contributed by atoms with van der Waals surface area (Å²) < 4.78 is 7.56. The molecule has 0 spiro atoms. The number of hydrogen-bond donors (Lipinski definition) is 0. The van der Waals surface area contributed by atoms with Crippen LogP contribution in [0.4, 0.5) is 0 Å². The maximum Gasteiger partial charge on any atom is 0.0656 e. The lowest BCUT2D eigenvalue weighted by atomic mass is 10.0. The van der Waals surface area contributed by atoms with Crippen LogP contribution in [0.3, 0.4) is 0 Å². The molecule has 0 radical (unpaired) electrons. The molecule has 4 heterocycles. The molecule has 9 rings (SSSR count). The summed E-state index contributed by atoms with van der Waals surface area (Å²) in [6, 6.07) is 41.6. The van der Waals surface area contributed by atoms with Gasteiger partial charge >= 0.3 is 0 Å². The summed E-state index contributed by atoms with van der Waals surface area (Å²) in [4.78, 5) is 4.33. The van der Waals surface area contributed by atoms with Crippen molar-refractivity contribution in [2.75, 3.05) is 0 Å². The highest BCUT2D eigenvalue weighted by atomic mass is 32.1. The van der Waals surface area contributed by atoms with Crippen LogP contribution in [-0.4, -0.2) is 14.1 Å². The molecular formula is C35H21N3S. The number of aromatic nitrogens is 3. The Morgan fingerprint density at radius 2 is 0.974 bits per heavy atom. The minimum absolute atomic E-state index is 1.12. The molecule has 0 amide bonds. The van der Waals surface area contributed by atoms with E-state index in [1.165, 1.54) is 69.5 Å². The van der Waals surface area contributed by atoms with Crippen molar-refractivity contribution in [2.45, 2.75) is 0 Å². The Kier molecular flexibility index (Phi) is 4.21. The second-order valence-corrected chi connectivity index (χ2v) is 11.0. The van der Waals surface area contributed by atoms with Gasteiger partial charge in [-0.15, -0.1) is 11.3 Å². The fraction of sp³-hybridized carbons (Fsp3) is 0. The maximum atomic E-state index is 4.33. The Morgan fingerprint density at radius 1 is 0.462 bits per heavy atom. The Labute approximate surface area is 227 Å². The first-order valence-corrected chi connectivity index (χ1v) is 14.0. The standard InChI is InChI=1S/C35H21N3S/c1-2-10-22(11-3-1)37-28-16-8-5-13-25(28)31-33(37)30-24-12-4-7-15-27(24)38(23-18-20-36-21-19-23)34(30)32-26-14-6-9-17-29(26)39-35(31)32/h1-21H. The van der Waals surface area contributed by atoms with E-state index in [4.69, 9.17) is 0 Å². The van der Waals surface area contributed by atoms with Gasteiger partial charge in [0.15, 0.2) is 0 Å². The van der Waals surface area contributed by atoms with E-state index >= 15 is 0 Å². The van der Waals surface area contributed by atoms with Crippen molar-refractivity contribution in [3.63, 3.8) is 0 Å². The highest BCUT2D eigenvalue weighted by Crippen LogP contribution is 2.50. The summed E-state index contributed by atoms with van der Waals surface area (Å²) in [5.41, 5.74) is 7.24. The van der Waals surface area contributed by atoms with Crippen molar-refractivity contribution in [3.8, 4) is 11.4 Å². The number of para-hydroxylation sites is 3. The molecule has 182 valence electrons. The molecule has 0 N–H and O–H groups in total. The molecule has 0 aliphatic heterocycles. The Hall–Kier alpha value is -4.93. The third-order valence-electron chi connectivity index (χ3n) is 7.98. The zero-order valence-electron chi connectivity index (χ0n) is 20.9. The van der Waals surface area contributed by atoms with Gasteiger partial charge in [-0.25, -0.2) is 0 Å². The predicted octanol–water partition coefficient (Wildman–Crippen LogP) is 9.64. The van der Waals surface area contributed by atoms with Gasteiger partial charge in [0.2, 0.25) is 0 Å². The van der Waals surface area contributed by atoms with Gasteiger partial charge in [0.25, 0.3) is 0 Å². The molecule has 0 unspecified atom stereocenters. The van der Waals surface area contributed by atoms with Crippen LogP contribution in [0.15, 0.2) is 128 Å². The van der Waals surface area contributed by atoms with Gasteiger partial charge in [0, 0.05) is 65.5 Å². The fourth-order valence-corrected chi connectivity index (χ4v) is 7.75. The predicted molar refractivity (Wildman–Crippen MR) is 166 cm³/mol. The third kappa shape index (κ3) is 2.73. The normalized spacial score (nSPS) is 12.1. The Morgan fingerprint density at radius 3 is 1.67 bits per heavy atom. The number of thiophene rings is 1. The smallest absolute Gasteiger partial charge is 0.0656 e. The summed E-state index contributed by atoms with van der Waals surface area (Å²) in [6.45, 7) is 0. The van der Waals surface area contributed by atoms with Gasteiger partial charge in [-0.05, 0) is 42.5 Å². The molecule has 0 aliphatic carbocycles. The summed E-state index contributed by atoms with van der Waals surface area (Å²) in [5, 5.41) is 7.78. The van der Waals surface area contributed by atoms with Gasteiger partial charge in [-0.1, -0.05) is 72.8 Å². The first-order chi connectivity index (χ1) is 19.4. The number of pyridine rings is 1. The van der Waals surface area contributed by atoms with Gasteiger partial charge in [0.05, 0.1) is 22.1 Å². The number of hydrogen-bond acceptors (Lipinski definition) is 2. The van der Waals surface area contributed by atoms with Crippen molar-refractivity contribution >= 4 is 75.1 Å². The number of nitrogens with zero attached hydrogens (tertiary/aromatic N) is 3. The van der Waals surface area contributed by atoms with E-state index < -0.39 is 0 Å². The second-order valence-electron chi connectivity index (χ2n) is 10.00. The van der Waals surface area contributed by atoms with Gasteiger partial charge in [-0.2, -0.15) is 0 Å². The quantitative estimate of drug-likeness (QED) is 0.225. The molecule has 3 nitrogen and oxygen atoms in total. The van der Waals surface area contributed by atoms with Gasteiger partial charge in [-0.3, -0.25) is 4.98 Å². The maximum absolute atomic E-state index is 4.33. The first-order valence-electron chi connectivity index (χ1n) is 13.2. The minimum Gasteiger partial charge on any atom is -0.308 e. The van der Waals surface area contributed by atoms with E-state index in [1.54, 1.807) is 0 Å². The molecule has 0 saturated carbocycles. The second kappa shape index (κ2) is 7.79. The van der Waals surface area contributed by atoms with E-state index in [2.05, 4.69) is 129 Å². The molecule has 4 heteroatoms. The van der Waals surface area contributed by atoms with E-state index in [-0.39, 0.29) is 0 Å². The highest BCUT2D eigenvalue weighted by Gasteiger charge is 2.26. The van der Waals surface area contributed by atoms with Crippen molar-refractivity contribution in [1.82, 2.24) is 14.1 Å². The van der Waals surface area contributed by atoms with E-state index in [0.717, 1.165) is 5.69 Å². The fourth-order valence-electron chi connectivity index (χ4n) is 6.49. The monoisotopic (exact) mass is 515 g/mol. The molecule has 5 aromatic carbocycles. The van der Waals surface area contributed by atoms with Crippen molar-refractivity contribution < 1.29 is 0 Å². The van der Waals surface area contributed by atoms with Crippen LogP contribution in [0.5, 0.6) is 0 Å². The van der Waals surface area contributed by atoms with Crippen LogP contribution in [0.2, 0.25) is 0 Å². The molecule has 0 fully saturated rings. The summed E-state index contributed by atoms with van der Waals surface area (Å²) >= 11 is 1.90. The SMILES string of the molecule is c1ccc(-n2c3ccccc3c3c4sc5ccccc5c4c4c(c5ccccc5n4-c4ccncc4)c32)cc1. The average Bonchev–Trinajstić information content (AvgIpc) is 3.66. The van der Waals surface area contributed by atoms with Crippen LogP contribution in [-0.2, 0) is 0 Å². The molecular weight excluding hydrogens is 494 g/mol. The summed E-state index contributed by atoms with van der Waals surface area (Å²) in [6.07, 6.45) is 3.77. The van der Waals surface area contributed by atoms with Crippen LogP contribution < -0.4 is 0 Å². The topological polar surface area (TPSA) is 22.8 Å². The third-order valence-corrected chi connectivity index (χ3v) is 9.17. The Balaban J connectivity index is 1.70. The lowest BCUT2D eigenvalue weighted by molar-refractivity contribution is 1.16. The van der Waals surface area contributed by atoms with Crippen LogP contribution in [0.25, 0.3) is 75.2 Å². The zero-order valence-corrected chi connectivity index (χ0v) is 21.7. The summed E-state index contributed by atoms with van der Waals surface area (Å²) in [5.74, 6) is 0. The number of fused-ring (bicyclic) bond motifs is 12. The molecule has 0 aliphatic rings. The van der Waals surface area contributed by atoms with Gasteiger partial charge in [0.1, 0.15) is 0 Å². The van der Waals surface area contributed by atoms with Crippen LogP contribution in [0.1, 0.15) is 0 Å². The zero-order chi connectivity index (χ0) is 25.5. The van der Waals surface area contributed by atoms with E-state index in [1.807, 2.05) is 23.7 Å². The number of rotatable bonds is 2. The lowest BCUT2D eigenvalue weighted by Crippen LogP contribution is -1.96. The van der Waals surface area contributed by atoms with Gasteiger partial charge < -0.3 is 9.13 Å². The van der Waals surface area contributed by atoms with Crippen molar-refractivity contribution in [2.24, 2.45) is 0 Å². The Bertz CT molecular complexity index is 2300. The first kappa shape index (κ1) is 21.1. The molecule has 4 aromatic heterocycles. The molecule has 0 atom stereocenters. The largest absolute Gasteiger partial charge is 0.308 e. The van der Waals surface area contributed by atoms with Crippen LogP contribution >= 0.6 is 11.3 Å². The molecule has 0 saturated heterocycles. The summed E-state index contributed by atoms with van der Waals surface area (Å²) in [7, 11) is 0. The van der Waals surface area contributed by atoms with Crippen molar-refractivity contribution in [1.29, 1.82) is 0 Å². The molecule has 0 bridgehead atoms. The van der Waals surface area contributed by atoms with Crippen molar-refractivity contribution in [3.05, 3.63) is 128 Å². The minimum atomic E-state index is 1.12. The lowest BCUT2D eigenvalue weighted by Gasteiger charge is -2.11. The molecule has 39 heavy (non-hydrogen) atoms. The van der Waals surface area contributed by atoms with E-state index in [9.17, 15) is 0 Å². The highest BCUT2D eigenvalue weighted by molar-refractivity contribution is 7.27.